The molecule has 0 saturated carbocycles. The van der Waals surface area contributed by atoms with Crippen LogP contribution in [0, 0.1) is 11.6 Å². The van der Waals surface area contributed by atoms with Gasteiger partial charge in [0.15, 0.2) is 0 Å². The first-order chi connectivity index (χ1) is 7.34. The van der Waals surface area contributed by atoms with Crippen molar-refractivity contribution in [3.8, 4) is 0 Å². The van der Waals surface area contributed by atoms with Gasteiger partial charge in [-0.05, 0) is 19.1 Å². The number of hydrogen-bond acceptors (Lipinski definition) is 2. The van der Waals surface area contributed by atoms with Crippen LogP contribution in [0.4, 0.5) is 8.78 Å². The zero-order chi connectivity index (χ0) is 12.5. The van der Waals surface area contributed by atoms with E-state index in [1.165, 1.54) is 0 Å². The highest BCUT2D eigenvalue weighted by atomic mass is 19.1. The minimum atomic E-state index is -1.48. The van der Waals surface area contributed by atoms with Crippen molar-refractivity contribution in [1.29, 1.82) is 0 Å². The number of halogens is 2. The van der Waals surface area contributed by atoms with Gasteiger partial charge in [-0.2, -0.15) is 0 Å². The molecule has 0 spiro atoms. The monoisotopic (exact) mass is 230 g/mol. The summed E-state index contributed by atoms with van der Waals surface area (Å²) in [7, 11) is 0. The molecule has 0 aliphatic carbocycles. The lowest BCUT2D eigenvalue weighted by atomic mass is 9.98. The molecule has 0 amide bonds. The lowest BCUT2D eigenvalue weighted by Crippen LogP contribution is -2.13. The summed E-state index contributed by atoms with van der Waals surface area (Å²) < 4.78 is 26.6. The fourth-order valence-corrected chi connectivity index (χ4v) is 1.24. The predicted octanol–water partition coefficient (Wildman–Crippen LogP) is 1.85. The largest absolute Gasteiger partial charge is 0.481 e. The van der Waals surface area contributed by atoms with E-state index in [1.807, 2.05) is 0 Å². The van der Waals surface area contributed by atoms with Crippen LogP contribution in [0.3, 0.4) is 0 Å². The predicted molar refractivity (Wildman–Crippen MR) is 49.4 cm³/mol. The summed E-state index contributed by atoms with van der Waals surface area (Å²) in [6, 6.07) is 1.19. The smallest absolute Gasteiger partial charge is 0.335 e. The molecule has 1 aromatic rings. The second-order valence-electron chi connectivity index (χ2n) is 3.22. The maximum absolute atomic E-state index is 13.3. The first-order valence-corrected chi connectivity index (χ1v) is 4.29. The summed E-state index contributed by atoms with van der Waals surface area (Å²) in [5.41, 5.74) is -1.20. The molecule has 1 aromatic carbocycles. The minimum Gasteiger partial charge on any atom is -0.481 e. The lowest BCUT2D eigenvalue weighted by Gasteiger charge is -2.09. The summed E-state index contributed by atoms with van der Waals surface area (Å²) in [5.74, 6) is -6.59. The molecule has 0 fully saturated rings. The maximum Gasteiger partial charge on any atom is 0.335 e. The van der Waals surface area contributed by atoms with Gasteiger partial charge in [0.1, 0.15) is 11.6 Å². The molecule has 0 aliphatic rings. The van der Waals surface area contributed by atoms with Gasteiger partial charge in [0.25, 0.3) is 0 Å². The highest BCUT2D eigenvalue weighted by Crippen LogP contribution is 2.24. The van der Waals surface area contributed by atoms with Crippen LogP contribution in [0.5, 0.6) is 0 Å². The number of benzene rings is 1. The summed E-state index contributed by atoms with van der Waals surface area (Å²) in [6.07, 6.45) is 0. The molecular formula is C10H8F2O4. The minimum absolute atomic E-state index is 0.559. The highest BCUT2D eigenvalue weighted by Gasteiger charge is 2.23. The molecule has 2 N–H and O–H groups in total. The van der Waals surface area contributed by atoms with Crippen molar-refractivity contribution in [2.45, 2.75) is 12.8 Å². The van der Waals surface area contributed by atoms with Crippen molar-refractivity contribution >= 4 is 11.9 Å². The average molecular weight is 230 g/mol. The molecule has 0 aliphatic heterocycles. The molecule has 86 valence electrons. The van der Waals surface area contributed by atoms with E-state index in [2.05, 4.69) is 0 Å². The Morgan fingerprint density at radius 2 is 1.62 bits per heavy atom. The number of carbonyl (C=O) groups is 2. The van der Waals surface area contributed by atoms with E-state index in [-0.39, 0.29) is 0 Å². The van der Waals surface area contributed by atoms with Crippen LogP contribution in [-0.4, -0.2) is 22.2 Å². The molecule has 0 aromatic heterocycles. The molecular weight excluding hydrogens is 222 g/mol. The van der Waals surface area contributed by atoms with Crippen LogP contribution < -0.4 is 0 Å². The van der Waals surface area contributed by atoms with Crippen molar-refractivity contribution in [3.63, 3.8) is 0 Å². The Morgan fingerprint density at radius 1 is 1.19 bits per heavy atom. The van der Waals surface area contributed by atoms with E-state index in [0.717, 1.165) is 6.92 Å². The Bertz CT molecular complexity index is 433. The molecule has 1 rings (SSSR count). The van der Waals surface area contributed by atoms with Gasteiger partial charge < -0.3 is 10.2 Å². The van der Waals surface area contributed by atoms with Crippen molar-refractivity contribution in [2.75, 3.05) is 0 Å². The highest BCUT2D eigenvalue weighted by molar-refractivity contribution is 5.88. The van der Waals surface area contributed by atoms with Gasteiger partial charge >= 0.3 is 11.9 Å². The van der Waals surface area contributed by atoms with E-state index in [4.69, 9.17) is 10.2 Å². The van der Waals surface area contributed by atoms with Gasteiger partial charge in [0, 0.05) is 5.56 Å². The molecule has 4 nitrogen and oxygen atoms in total. The summed E-state index contributed by atoms with van der Waals surface area (Å²) in [5, 5.41) is 17.1. The first-order valence-electron chi connectivity index (χ1n) is 4.29. The zero-order valence-corrected chi connectivity index (χ0v) is 8.20. The number of aromatic carboxylic acids is 1. The molecule has 0 heterocycles. The van der Waals surface area contributed by atoms with Gasteiger partial charge in [0.2, 0.25) is 0 Å². The fourth-order valence-electron chi connectivity index (χ4n) is 1.24. The number of rotatable bonds is 3. The van der Waals surface area contributed by atoms with Gasteiger partial charge in [-0.25, -0.2) is 13.6 Å². The van der Waals surface area contributed by atoms with Crippen LogP contribution in [-0.2, 0) is 4.79 Å². The van der Waals surface area contributed by atoms with Gasteiger partial charge in [-0.1, -0.05) is 0 Å². The standard InChI is InChI=1S/C10H8F2O4/c1-4(9(13)14)8-6(11)2-5(10(15)16)3-7(8)12/h2-4H,1H3,(H,13,14)(H,15,16). The summed E-state index contributed by atoms with van der Waals surface area (Å²) >= 11 is 0. The summed E-state index contributed by atoms with van der Waals surface area (Å²) in [6.45, 7) is 1.12. The van der Waals surface area contributed by atoms with Crippen molar-refractivity contribution in [3.05, 3.63) is 34.9 Å². The maximum atomic E-state index is 13.3. The van der Waals surface area contributed by atoms with E-state index in [9.17, 15) is 18.4 Å². The van der Waals surface area contributed by atoms with Crippen LogP contribution in [0.25, 0.3) is 0 Å². The molecule has 0 radical (unpaired) electrons. The molecule has 6 heteroatoms. The third kappa shape index (κ3) is 2.16. The number of carboxylic acids is 2. The first kappa shape index (κ1) is 12.1. The molecule has 1 atom stereocenters. The average Bonchev–Trinajstić information content (AvgIpc) is 2.15. The fraction of sp³-hybridized carbons (Fsp3) is 0.200. The third-order valence-corrected chi connectivity index (χ3v) is 2.13. The second kappa shape index (κ2) is 4.26. The van der Waals surface area contributed by atoms with Crippen LogP contribution in [0.15, 0.2) is 12.1 Å². The van der Waals surface area contributed by atoms with Gasteiger partial charge in [-0.3, -0.25) is 4.79 Å². The quantitative estimate of drug-likeness (QED) is 0.830. The number of carboxylic acid groups (broad SMARTS) is 2. The second-order valence-corrected chi connectivity index (χ2v) is 3.22. The Morgan fingerprint density at radius 3 is 1.94 bits per heavy atom. The topological polar surface area (TPSA) is 74.6 Å². The van der Waals surface area contributed by atoms with E-state index < -0.39 is 40.6 Å². The normalized spacial score (nSPS) is 12.2. The molecule has 16 heavy (non-hydrogen) atoms. The van der Waals surface area contributed by atoms with Crippen LogP contribution in [0.1, 0.15) is 28.8 Å². The molecule has 0 saturated heterocycles. The molecule has 1 unspecified atom stereocenters. The van der Waals surface area contributed by atoms with Crippen molar-refractivity contribution in [2.24, 2.45) is 0 Å². The number of hydrogen-bond donors (Lipinski definition) is 2. The Labute approximate surface area is 89.1 Å². The molecule has 0 bridgehead atoms. The Hall–Kier alpha value is -1.98. The van der Waals surface area contributed by atoms with E-state index >= 15 is 0 Å². The van der Waals surface area contributed by atoms with Crippen LogP contribution in [0.2, 0.25) is 0 Å². The Balaban J connectivity index is 3.33. The van der Waals surface area contributed by atoms with E-state index in [0.29, 0.717) is 12.1 Å². The van der Waals surface area contributed by atoms with E-state index in [1.54, 1.807) is 0 Å². The van der Waals surface area contributed by atoms with Gasteiger partial charge in [-0.15, -0.1) is 0 Å². The van der Waals surface area contributed by atoms with Crippen LogP contribution >= 0.6 is 0 Å². The van der Waals surface area contributed by atoms with Gasteiger partial charge in [0.05, 0.1) is 11.5 Å². The van der Waals surface area contributed by atoms with Crippen molar-refractivity contribution in [1.82, 2.24) is 0 Å². The lowest BCUT2D eigenvalue weighted by molar-refractivity contribution is -0.138. The Kier molecular flexibility index (Phi) is 3.22. The van der Waals surface area contributed by atoms with Crippen molar-refractivity contribution < 1.29 is 28.6 Å². The SMILES string of the molecule is CC(C(=O)O)c1c(F)cc(C(=O)O)cc1F. The summed E-state index contributed by atoms with van der Waals surface area (Å²) in [4.78, 5) is 21.0. The third-order valence-electron chi connectivity index (χ3n) is 2.13. The number of aliphatic carboxylic acids is 1. The zero-order valence-electron chi connectivity index (χ0n) is 8.20.